The van der Waals surface area contributed by atoms with Crippen molar-refractivity contribution in [3.05, 3.63) is 66.6 Å². The fourth-order valence-corrected chi connectivity index (χ4v) is 2.17. The molecular weight excluding hydrogens is 255 g/mol. The second-order valence-corrected chi connectivity index (χ2v) is 4.56. The van der Waals surface area contributed by atoms with Crippen LogP contribution in [0.5, 0.6) is 0 Å². The van der Waals surface area contributed by atoms with Crippen molar-refractivity contribution < 1.29 is 9.18 Å². The molecule has 0 spiro atoms. The number of anilines is 1. The molecule has 0 radical (unpaired) electrons. The third kappa shape index (κ3) is 2.54. The number of para-hydroxylation sites is 1. The average Bonchev–Trinajstić information content (AvgIpc) is 2.85. The molecule has 3 rings (SSSR count). The van der Waals surface area contributed by atoms with Gasteiger partial charge in [0, 0.05) is 17.4 Å². The van der Waals surface area contributed by atoms with Gasteiger partial charge in [0.25, 0.3) is 0 Å². The van der Waals surface area contributed by atoms with E-state index < -0.39 is 0 Å². The number of nitrogens with zero attached hydrogens (tertiary/aromatic N) is 1. The van der Waals surface area contributed by atoms with Gasteiger partial charge in [0.2, 0.25) is 5.91 Å². The van der Waals surface area contributed by atoms with Crippen LogP contribution in [0.1, 0.15) is 0 Å². The first-order valence-corrected chi connectivity index (χ1v) is 6.32. The summed E-state index contributed by atoms with van der Waals surface area (Å²) in [5, 5.41) is 3.84. The van der Waals surface area contributed by atoms with E-state index in [1.165, 1.54) is 12.1 Å². The molecule has 2 aromatic carbocycles. The zero-order valence-corrected chi connectivity index (χ0v) is 10.7. The molecular formula is C16H13FN2O. The van der Waals surface area contributed by atoms with E-state index in [2.05, 4.69) is 5.32 Å². The first-order valence-electron chi connectivity index (χ1n) is 6.32. The Morgan fingerprint density at radius 1 is 1.05 bits per heavy atom. The van der Waals surface area contributed by atoms with E-state index in [1.54, 1.807) is 12.1 Å². The van der Waals surface area contributed by atoms with Gasteiger partial charge >= 0.3 is 0 Å². The predicted molar refractivity (Wildman–Crippen MR) is 77.0 cm³/mol. The first-order chi connectivity index (χ1) is 9.72. The molecule has 0 saturated heterocycles. The molecule has 1 amide bonds. The summed E-state index contributed by atoms with van der Waals surface area (Å²) in [4.78, 5) is 12.0. The maximum atomic E-state index is 12.8. The monoisotopic (exact) mass is 268 g/mol. The van der Waals surface area contributed by atoms with Crippen molar-refractivity contribution in [1.82, 2.24) is 4.57 Å². The third-order valence-electron chi connectivity index (χ3n) is 3.12. The van der Waals surface area contributed by atoms with Crippen LogP contribution >= 0.6 is 0 Å². The summed E-state index contributed by atoms with van der Waals surface area (Å²) < 4.78 is 14.7. The molecule has 0 atom stereocenters. The van der Waals surface area contributed by atoms with Crippen LogP contribution < -0.4 is 5.32 Å². The summed E-state index contributed by atoms with van der Waals surface area (Å²) in [7, 11) is 0. The number of halogens is 1. The summed E-state index contributed by atoms with van der Waals surface area (Å²) in [5.41, 5.74) is 1.61. The summed E-state index contributed by atoms with van der Waals surface area (Å²) in [6.45, 7) is 0.227. The van der Waals surface area contributed by atoms with E-state index in [4.69, 9.17) is 0 Å². The number of rotatable bonds is 3. The Balaban J connectivity index is 1.74. The topological polar surface area (TPSA) is 34.0 Å². The maximum absolute atomic E-state index is 12.8. The van der Waals surface area contributed by atoms with Gasteiger partial charge in [0.05, 0.1) is 0 Å². The fraction of sp³-hybridized carbons (Fsp3) is 0.0625. The van der Waals surface area contributed by atoms with E-state index in [1.807, 2.05) is 41.1 Å². The van der Waals surface area contributed by atoms with Crippen LogP contribution in [0.2, 0.25) is 0 Å². The molecule has 0 bridgehead atoms. The van der Waals surface area contributed by atoms with Gasteiger partial charge in [-0.2, -0.15) is 0 Å². The van der Waals surface area contributed by atoms with Crippen LogP contribution in [0.15, 0.2) is 60.8 Å². The lowest BCUT2D eigenvalue weighted by atomic mass is 10.2. The number of amides is 1. The van der Waals surface area contributed by atoms with Gasteiger partial charge < -0.3 is 9.88 Å². The predicted octanol–water partition coefficient (Wildman–Crippen LogP) is 3.42. The highest BCUT2D eigenvalue weighted by Gasteiger charge is 2.06. The van der Waals surface area contributed by atoms with Crippen molar-refractivity contribution in [2.45, 2.75) is 6.54 Å². The average molecular weight is 268 g/mol. The molecule has 0 aliphatic carbocycles. The number of carbonyl (C=O) groups excluding carboxylic acids is 1. The van der Waals surface area contributed by atoms with Crippen LogP contribution in [-0.4, -0.2) is 10.5 Å². The maximum Gasteiger partial charge on any atom is 0.244 e. The van der Waals surface area contributed by atoms with E-state index in [9.17, 15) is 9.18 Å². The lowest BCUT2D eigenvalue weighted by molar-refractivity contribution is -0.116. The van der Waals surface area contributed by atoms with Gasteiger partial charge in [-0.05, 0) is 41.8 Å². The number of hydrogen-bond donors (Lipinski definition) is 1. The molecule has 0 aliphatic heterocycles. The van der Waals surface area contributed by atoms with Crippen molar-refractivity contribution in [2.75, 3.05) is 5.32 Å². The van der Waals surface area contributed by atoms with Crippen molar-refractivity contribution in [3.8, 4) is 0 Å². The number of hydrogen-bond acceptors (Lipinski definition) is 1. The molecule has 3 nitrogen and oxygen atoms in total. The summed E-state index contributed by atoms with van der Waals surface area (Å²) in [6.07, 6.45) is 1.88. The van der Waals surface area contributed by atoms with Gasteiger partial charge in [-0.3, -0.25) is 4.79 Å². The summed E-state index contributed by atoms with van der Waals surface area (Å²) in [5.74, 6) is -0.461. The Labute approximate surface area is 115 Å². The molecule has 1 aromatic heterocycles. The van der Waals surface area contributed by atoms with E-state index in [0.717, 1.165) is 10.9 Å². The lowest BCUT2D eigenvalue weighted by Crippen LogP contribution is -2.18. The standard InChI is InChI=1S/C16H13FN2O/c17-13-5-7-14(8-6-13)18-16(20)11-19-10-9-12-3-1-2-4-15(12)19/h1-10H,11H2,(H,18,20). The minimum absolute atomic E-state index is 0.141. The smallest absolute Gasteiger partial charge is 0.244 e. The number of carbonyl (C=O) groups is 1. The normalized spacial score (nSPS) is 10.7. The number of fused-ring (bicyclic) bond motifs is 1. The molecule has 0 unspecified atom stereocenters. The fourth-order valence-electron chi connectivity index (χ4n) is 2.17. The second-order valence-electron chi connectivity index (χ2n) is 4.56. The molecule has 0 saturated carbocycles. The Kier molecular flexibility index (Phi) is 3.21. The van der Waals surface area contributed by atoms with E-state index >= 15 is 0 Å². The number of aromatic nitrogens is 1. The molecule has 0 aliphatic rings. The van der Waals surface area contributed by atoms with Crippen LogP contribution in [-0.2, 0) is 11.3 Å². The number of nitrogens with one attached hydrogen (secondary N) is 1. The van der Waals surface area contributed by atoms with Gasteiger partial charge in [-0.25, -0.2) is 4.39 Å². The molecule has 1 N–H and O–H groups in total. The van der Waals surface area contributed by atoms with Gasteiger partial charge in [0.1, 0.15) is 12.4 Å². The SMILES string of the molecule is O=C(Cn1ccc2ccccc21)Nc1ccc(F)cc1. The highest BCUT2D eigenvalue weighted by Crippen LogP contribution is 2.15. The first kappa shape index (κ1) is 12.4. The van der Waals surface area contributed by atoms with Crippen molar-refractivity contribution >= 4 is 22.5 Å². The highest BCUT2D eigenvalue weighted by atomic mass is 19.1. The second kappa shape index (κ2) is 5.17. The van der Waals surface area contributed by atoms with Crippen molar-refractivity contribution in [2.24, 2.45) is 0 Å². The van der Waals surface area contributed by atoms with Crippen LogP contribution in [0, 0.1) is 5.82 Å². The Bertz CT molecular complexity index is 747. The largest absolute Gasteiger partial charge is 0.338 e. The quantitative estimate of drug-likeness (QED) is 0.776. The van der Waals surface area contributed by atoms with Crippen LogP contribution in [0.4, 0.5) is 10.1 Å². The highest BCUT2D eigenvalue weighted by molar-refractivity contribution is 5.92. The summed E-state index contributed by atoms with van der Waals surface area (Å²) in [6, 6.07) is 15.6. The van der Waals surface area contributed by atoms with Gasteiger partial charge in [-0.1, -0.05) is 18.2 Å². The van der Waals surface area contributed by atoms with Gasteiger partial charge in [-0.15, -0.1) is 0 Å². The Morgan fingerprint density at radius 2 is 1.80 bits per heavy atom. The summed E-state index contributed by atoms with van der Waals surface area (Å²) >= 11 is 0. The number of benzene rings is 2. The van der Waals surface area contributed by atoms with E-state index in [-0.39, 0.29) is 18.3 Å². The molecule has 0 fully saturated rings. The molecule has 20 heavy (non-hydrogen) atoms. The minimum Gasteiger partial charge on any atom is -0.338 e. The Hall–Kier alpha value is -2.62. The molecule has 1 heterocycles. The van der Waals surface area contributed by atoms with Crippen molar-refractivity contribution in [3.63, 3.8) is 0 Å². The van der Waals surface area contributed by atoms with Crippen molar-refractivity contribution in [1.29, 1.82) is 0 Å². The zero-order chi connectivity index (χ0) is 13.9. The van der Waals surface area contributed by atoms with E-state index in [0.29, 0.717) is 5.69 Å². The molecule has 4 heteroatoms. The molecule has 3 aromatic rings. The zero-order valence-electron chi connectivity index (χ0n) is 10.7. The minimum atomic E-state index is -0.320. The third-order valence-corrected chi connectivity index (χ3v) is 3.12. The Morgan fingerprint density at radius 3 is 2.60 bits per heavy atom. The molecule has 100 valence electrons. The van der Waals surface area contributed by atoms with Crippen LogP contribution in [0.3, 0.4) is 0 Å². The lowest BCUT2D eigenvalue weighted by Gasteiger charge is -2.07. The van der Waals surface area contributed by atoms with Crippen LogP contribution in [0.25, 0.3) is 10.9 Å². The van der Waals surface area contributed by atoms with Gasteiger partial charge in [0.15, 0.2) is 0 Å².